The lowest BCUT2D eigenvalue weighted by molar-refractivity contribution is -0.127. The maximum Gasteiger partial charge on any atom is 0.223 e. The lowest BCUT2D eigenvalue weighted by Crippen LogP contribution is -2.27. The van der Waals surface area contributed by atoms with Crippen molar-refractivity contribution in [3.8, 4) is 0 Å². The van der Waals surface area contributed by atoms with Gasteiger partial charge in [0, 0.05) is 32.0 Å². The number of benzene rings is 1. The molecule has 1 aromatic carbocycles. The predicted molar refractivity (Wildman–Crippen MR) is 71.3 cm³/mol. The number of nitrogens with zero attached hydrogens (tertiary/aromatic N) is 1. The van der Waals surface area contributed by atoms with Crippen LogP contribution in [0.5, 0.6) is 0 Å². The molecule has 1 N–H and O–H groups in total. The predicted octanol–water partition coefficient (Wildman–Crippen LogP) is 1.63. The second kappa shape index (κ2) is 6.01. The lowest BCUT2D eigenvalue weighted by Gasteiger charge is -2.16. The molecule has 98 valence electrons. The van der Waals surface area contributed by atoms with Gasteiger partial charge in [-0.05, 0) is 24.0 Å². The molecule has 1 aromatic rings. The Hall–Kier alpha value is -1.35. The summed E-state index contributed by atoms with van der Waals surface area (Å²) >= 11 is 0. The van der Waals surface area contributed by atoms with E-state index in [0.29, 0.717) is 13.0 Å². The smallest absolute Gasteiger partial charge is 0.223 e. The topological polar surface area (TPSA) is 40.5 Å². The molecule has 1 atom stereocenters. The molecule has 1 fully saturated rings. The van der Waals surface area contributed by atoms with E-state index in [0.717, 1.165) is 19.4 Å². The number of carbonyl (C=O) groups excluding carboxylic acids is 1. The van der Waals surface area contributed by atoms with E-state index >= 15 is 0 Å². The minimum atomic E-state index is 0.118. The van der Waals surface area contributed by atoms with Gasteiger partial charge in [0.15, 0.2) is 0 Å². The highest BCUT2D eigenvalue weighted by atomic mass is 16.3. The fraction of sp³-hybridized carbons (Fsp3) is 0.533. The number of rotatable bonds is 5. The van der Waals surface area contributed by atoms with Crippen LogP contribution in [-0.2, 0) is 17.6 Å². The number of aliphatic hydroxyl groups is 1. The summed E-state index contributed by atoms with van der Waals surface area (Å²) in [6.07, 6.45) is 2.46. The minimum Gasteiger partial charge on any atom is -0.396 e. The van der Waals surface area contributed by atoms with Crippen LogP contribution in [0.1, 0.15) is 24.5 Å². The van der Waals surface area contributed by atoms with Crippen molar-refractivity contribution >= 4 is 5.91 Å². The fourth-order valence-corrected chi connectivity index (χ4v) is 2.40. The van der Waals surface area contributed by atoms with E-state index < -0.39 is 0 Å². The Kier molecular flexibility index (Phi) is 4.37. The quantitative estimate of drug-likeness (QED) is 0.859. The van der Waals surface area contributed by atoms with Crippen molar-refractivity contribution in [3.05, 3.63) is 35.4 Å². The normalized spacial score (nSPS) is 19.6. The largest absolute Gasteiger partial charge is 0.396 e. The number of aliphatic hydroxyl groups excluding tert-OH is 1. The fourth-order valence-electron chi connectivity index (χ4n) is 2.40. The van der Waals surface area contributed by atoms with Crippen LogP contribution in [0.4, 0.5) is 0 Å². The van der Waals surface area contributed by atoms with Crippen molar-refractivity contribution in [2.45, 2.75) is 26.2 Å². The summed E-state index contributed by atoms with van der Waals surface area (Å²) in [6, 6.07) is 8.58. The number of carbonyl (C=O) groups is 1. The second-order valence-corrected chi connectivity index (χ2v) is 5.01. The van der Waals surface area contributed by atoms with Crippen LogP contribution in [0, 0.1) is 5.92 Å². The standard InChI is InChI=1S/C15H21NO2/c1-2-12-3-5-13(6-4-12)7-8-16-10-14(11-17)9-15(16)18/h3-6,14,17H,2,7-11H2,1H3. The van der Waals surface area contributed by atoms with Crippen molar-refractivity contribution in [1.82, 2.24) is 4.90 Å². The van der Waals surface area contributed by atoms with Crippen LogP contribution in [0.15, 0.2) is 24.3 Å². The molecule has 2 rings (SSSR count). The Bertz CT molecular complexity index is 399. The summed E-state index contributed by atoms with van der Waals surface area (Å²) in [4.78, 5) is 13.5. The molecule has 1 heterocycles. The Balaban J connectivity index is 1.85. The highest BCUT2D eigenvalue weighted by Gasteiger charge is 2.28. The third-order valence-electron chi connectivity index (χ3n) is 3.65. The zero-order valence-corrected chi connectivity index (χ0v) is 10.9. The first-order valence-electron chi connectivity index (χ1n) is 6.69. The van der Waals surface area contributed by atoms with E-state index in [1.807, 2.05) is 4.90 Å². The van der Waals surface area contributed by atoms with Gasteiger partial charge < -0.3 is 10.0 Å². The third-order valence-corrected chi connectivity index (χ3v) is 3.65. The molecule has 3 heteroatoms. The molecule has 3 nitrogen and oxygen atoms in total. The van der Waals surface area contributed by atoms with Gasteiger partial charge in [-0.3, -0.25) is 4.79 Å². The summed E-state index contributed by atoms with van der Waals surface area (Å²) < 4.78 is 0. The van der Waals surface area contributed by atoms with E-state index in [9.17, 15) is 4.79 Å². The highest BCUT2D eigenvalue weighted by Crippen LogP contribution is 2.17. The van der Waals surface area contributed by atoms with Gasteiger partial charge in [-0.2, -0.15) is 0 Å². The molecular formula is C15H21NO2. The van der Waals surface area contributed by atoms with Gasteiger partial charge in [-0.15, -0.1) is 0 Å². The molecule has 18 heavy (non-hydrogen) atoms. The SMILES string of the molecule is CCc1ccc(CCN2CC(CO)CC2=O)cc1. The molecule has 1 saturated heterocycles. The van der Waals surface area contributed by atoms with Gasteiger partial charge >= 0.3 is 0 Å². The van der Waals surface area contributed by atoms with Gasteiger partial charge in [0.25, 0.3) is 0 Å². The summed E-state index contributed by atoms with van der Waals surface area (Å²) in [5.41, 5.74) is 2.61. The first-order chi connectivity index (χ1) is 8.72. The molecule has 0 bridgehead atoms. The van der Waals surface area contributed by atoms with Crippen molar-refractivity contribution in [2.75, 3.05) is 19.7 Å². The number of likely N-dealkylation sites (tertiary alicyclic amines) is 1. The number of amides is 1. The molecule has 1 aliphatic heterocycles. The van der Waals surface area contributed by atoms with Crippen LogP contribution >= 0.6 is 0 Å². The van der Waals surface area contributed by atoms with Gasteiger partial charge in [0.1, 0.15) is 0 Å². The minimum absolute atomic E-state index is 0.118. The van der Waals surface area contributed by atoms with Gasteiger partial charge in [0.05, 0.1) is 0 Å². The van der Waals surface area contributed by atoms with Crippen molar-refractivity contribution in [2.24, 2.45) is 5.92 Å². The number of hydrogen-bond acceptors (Lipinski definition) is 2. The molecule has 0 aromatic heterocycles. The molecule has 0 radical (unpaired) electrons. The van der Waals surface area contributed by atoms with E-state index in [1.54, 1.807) is 0 Å². The van der Waals surface area contributed by atoms with Gasteiger partial charge in [-0.1, -0.05) is 31.2 Å². The van der Waals surface area contributed by atoms with Crippen molar-refractivity contribution in [3.63, 3.8) is 0 Å². The summed E-state index contributed by atoms with van der Waals surface area (Å²) in [5, 5.41) is 9.07. The van der Waals surface area contributed by atoms with Crippen LogP contribution < -0.4 is 0 Å². The van der Waals surface area contributed by atoms with Crippen LogP contribution in [-0.4, -0.2) is 35.6 Å². The summed E-state index contributed by atoms with van der Waals surface area (Å²) in [7, 11) is 0. The molecule has 1 amide bonds. The third kappa shape index (κ3) is 3.10. The molecule has 0 aliphatic carbocycles. The van der Waals surface area contributed by atoms with E-state index in [4.69, 9.17) is 5.11 Å². The van der Waals surface area contributed by atoms with Crippen LogP contribution in [0.25, 0.3) is 0 Å². The van der Waals surface area contributed by atoms with Crippen LogP contribution in [0.2, 0.25) is 0 Å². The second-order valence-electron chi connectivity index (χ2n) is 5.01. The van der Waals surface area contributed by atoms with Crippen LogP contribution in [0.3, 0.4) is 0 Å². The van der Waals surface area contributed by atoms with Crippen molar-refractivity contribution in [1.29, 1.82) is 0 Å². The zero-order chi connectivity index (χ0) is 13.0. The first-order valence-corrected chi connectivity index (χ1v) is 6.69. The maximum absolute atomic E-state index is 11.7. The Morgan fingerprint density at radius 3 is 2.50 bits per heavy atom. The number of hydrogen-bond donors (Lipinski definition) is 1. The van der Waals surface area contributed by atoms with Gasteiger partial charge in [0.2, 0.25) is 5.91 Å². The van der Waals surface area contributed by atoms with E-state index in [2.05, 4.69) is 31.2 Å². The molecular weight excluding hydrogens is 226 g/mol. The average molecular weight is 247 g/mol. The summed E-state index contributed by atoms with van der Waals surface area (Å²) in [6.45, 7) is 3.74. The lowest BCUT2D eigenvalue weighted by atomic mass is 10.1. The first kappa shape index (κ1) is 13.1. The average Bonchev–Trinajstić information content (AvgIpc) is 2.77. The number of aryl methyl sites for hydroxylation is 1. The summed E-state index contributed by atoms with van der Waals surface area (Å²) in [5.74, 6) is 0.319. The van der Waals surface area contributed by atoms with E-state index in [1.165, 1.54) is 11.1 Å². The monoisotopic (exact) mass is 247 g/mol. The zero-order valence-electron chi connectivity index (χ0n) is 10.9. The van der Waals surface area contributed by atoms with Crippen molar-refractivity contribution < 1.29 is 9.90 Å². The van der Waals surface area contributed by atoms with E-state index in [-0.39, 0.29) is 18.4 Å². The molecule has 0 saturated carbocycles. The maximum atomic E-state index is 11.7. The highest BCUT2D eigenvalue weighted by molar-refractivity contribution is 5.78. The Morgan fingerprint density at radius 1 is 1.28 bits per heavy atom. The van der Waals surface area contributed by atoms with Gasteiger partial charge in [-0.25, -0.2) is 0 Å². The Labute approximate surface area is 108 Å². The molecule has 0 spiro atoms. The Morgan fingerprint density at radius 2 is 1.94 bits per heavy atom. The molecule has 1 aliphatic rings. The molecule has 1 unspecified atom stereocenters.